The van der Waals surface area contributed by atoms with Crippen molar-refractivity contribution in [3.05, 3.63) is 24.3 Å². The fraction of sp³-hybridized carbons (Fsp3) is 0.619. The summed E-state index contributed by atoms with van der Waals surface area (Å²) in [4.78, 5) is 26.6. The molecule has 8 nitrogen and oxygen atoms in total. The maximum atomic E-state index is 12.7. The highest BCUT2D eigenvalue weighted by molar-refractivity contribution is 7.89. The minimum atomic E-state index is -3.85. The number of nitrogens with one attached hydrogen (secondary N) is 2. The van der Waals surface area contributed by atoms with E-state index in [1.54, 1.807) is 26.0 Å². The number of amides is 2. The quantitative estimate of drug-likeness (QED) is 0.542. The van der Waals surface area contributed by atoms with Gasteiger partial charge in [-0.15, -0.1) is 0 Å². The summed E-state index contributed by atoms with van der Waals surface area (Å²) in [6.07, 6.45) is 4.25. The van der Waals surface area contributed by atoms with Gasteiger partial charge in [0.05, 0.1) is 12.0 Å². The van der Waals surface area contributed by atoms with E-state index in [4.69, 9.17) is 4.74 Å². The van der Waals surface area contributed by atoms with Gasteiger partial charge in [-0.25, -0.2) is 8.42 Å². The molecule has 0 saturated carbocycles. The third kappa shape index (κ3) is 6.98. The van der Waals surface area contributed by atoms with Gasteiger partial charge in [-0.3, -0.25) is 9.59 Å². The van der Waals surface area contributed by atoms with E-state index >= 15 is 0 Å². The SMILES string of the molecule is COc1ccc(S(=O)(=O)N[C@H](C(=O)NCCCN2CCCCCC2=O)C(C)C)cc1. The second-order valence-electron chi connectivity index (χ2n) is 7.85. The van der Waals surface area contributed by atoms with Gasteiger partial charge in [0, 0.05) is 26.1 Å². The first-order valence-corrected chi connectivity index (χ1v) is 11.9. The predicted octanol–water partition coefficient (Wildman–Crippen LogP) is 1.91. The highest BCUT2D eigenvalue weighted by Gasteiger charge is 2.28. The summed E-state index contributed by atoms with van der Waals surface area (Å²) in [6, 6.07) is 5.10. The third-order valence-electron chi connectivity index (χ3n) is 5.18. The lowest BCUT2D eigenvalue weighted by atomic mass is 10.1. The van der Waals surface area contributed by atoms with Gasteiger partial charge in [-0.1, -0.05) is 20.3 Å². The van der Waals surface area contributed by atoms with Crippen LogP contribution in [0, 0.1) is 5.92 Å². The van der Waals surface area contributed by atoms with Gasteiger partial charge in [0.1, 0.15) is 11.8 Å². The summed E-state index contributed by atoms with van der Waals surface area (Å²) in [6.45, 7) is 5.33. The number of benzene rings is 1. The maximum absolute atomic E-state index is 12.7. The molecular weight excluding hydrogens is 406 g/mol. The van der Waals surface area contributed by atoms with Crippen LogP contribution in [0.25, 0.3) is 0 Å². The number of hydrogen-bond acceptors (Lipinski definition) is 5. The monoisotopic (exact) mass is 439 g/mol. The summed E-state index contributed by atoms with van der Waals surface area (Å²) in [7, 11) is -2.35. The van der Waals surface area contributed by atoms with Crippen LogP contribution in [0.3, 0.4) is 0 Å². The molecule has 2 N–H and O–H groups in total. The second kappa shape index (κ2) is 11.3. The summed E-state index contributed by atoms with van der Waals surface area (Å²) >= 11 is 0. The van der Waals surface area contributed by atoms with Crippen molar-refractivity contribution in [2.75, 3.05) is 26.7 Å². The highest BCUT2D eigenvalue weighted by atomic mass is 32.2. The molecule has 30 heavy (non-hydrogen) atoms. The molecule has 1 aromatic rings. The van der Waals surface area contributed by atoms with Gasteiger partial charge in [-0.05, 0) is 49.4 Å². The average Bonchev–Trinajstić information content (AvgIpc) is 2.93. The first-order chi connectivity index (χ1) is 14.2. The van der Waals surface area contributed by atoms with Crippen molar-refractivity contribution < 1.29 is 22.7 Å². The number of rotatable bonds is 10. The van der Waals surface area contributed by atoms with E-state index in [0.29, 0.717) is 31.7 Å². The molecule has 0 radical (unpaired) electrons. The molecule has 1 saturated heterocycles. The van der Waals surface area contributed by atoms with Crippen molar-refractivity contribution in [3.63, 3.8) is 0 Å². The Kier molecular flexibility index (Phi) is 9.10. The zero-order chi connectivity index (χ0) is 22.1. The number of likely N-dealkylation sites (tertiary alicyclic amines) is 1. The van der Waals surface area contributed by atoms with Crippen molar-refractivity contribution in [1.29, 1.82) is 0 Å². The Hall–Kier alpha value is -2.13. The van der Waals surface area contributed by atoms with Crippen LogP contribution in [0.4, 0.5) is 0 Å². The summed E-state index contributed by atoms with van der Waals surface area (Å²) in [5.74, 6) is 0.121. The second-order valence-corrected chi connectivity index (χ2v) is 9.57. The number of methoxy groups -OCH3 is 1. The lowest BCUT2D eigenvalue weighted by Gasteiger charge is -2.23. The standard InChI is InChI=1S/C21H33N3O5S/c1-16(2)20(23-30(27,28)18-11-9-17(29-3)10-12-18)21(26)22-13-7-15-24-14-6-4-5-8-19(24)25/h9-12,16,20,23H,4-8,13-15H2,1-3H3,(H,22,26)/t20-/m0/s1. The molecule has 0 aliphatic carbocycles. The molecule has 168 valence electrons. The van der Waals surface area contributed by atoms with Crippen molar-refractivity contribution in [2.24, 2.45) is 5.92 Å². The molecule has 9 heteroatoms. The van der Waals surface area contributed by atoms with Gasteiger partial charge in [0.25, 0.3) is 0 Å². The molecule has 1 aliphatic rings. The summed E-state index contributed by atoms with van der Waals surface area (Å²) in [5, 5.41) is 2.80. The molecule has 1 aromatic carbocycles. The Bertz CT molecular complexity index is 808. The summed E-state index contributed by atoms with van der Waals surface area (Å²) < 4.78 is 32.9. The van der Waals surface area contributed by atoms with E-state index in [9.17, 15) is 18.0 Å². The normalized spacial score (nSPS) is 16.3. The lowest BCUT2D eigenvalue weighted by Crippen LogP contribution is -2.50. The predicted molar refractivity (Wildman–Crippen MR) is 115 cm³/mol. The fourth-order valence-corrected chi connectivity index (χ4v) is 4.69. The third-order valence-corrected chi connectivity index (χ3v) is 6.63. The number of carbonyl (C=O) groups is 2. The minimum Gasteiger partial charge on any atom is -0.497 e. The number of sulfonamides is 1. The van der Waals surface area contributed by atoms with Gasteiger partial charge < -0.3 is 15.0 Å². The van der Waals surface area contributed by atoms with Crippen molar-refractivity contribution in [2.45, 2.75) is 56.9 Å². The van der Waals surface area contributed by atoms with E-state index in [1.165, 1.54) is 19.2 Å². The van der Waals surface area contributed by atoms with Crippen LogP contribution in [0.1, 0.15) is 46.0 Å². The zero-order valence-electron chi connectivity index (χ0n) is 18.0. The molecule has 1 heterocycles. The molecule has 0 aromatic heterocycles. The molecular formula is C21H33N3O5S. The summed E-state index contributed by atoms with van der Waals surface area (Å²) in [5.41, 5.74) is 0. The molecule has 0 bridgehead atoms. The fourth-order valence-electron chi connectivity index (χ4n) is 3.35. The van der Waals surface area contributed by atoms with Crippen LogP contribution >= 0.6 is 0 Å². The van der Waals surface area contributed by atoms with Crippen LogP contribution in [0.2, 0.25) is 0 Å². The average molecular weight is 440 g/mol. The molecule has 2 rings (SSSR count). The van der Waals surface area contributed by atoms with Crippen LogP contribution in [-0.2, 0) is 19.6 Å². The lowest BCUT2D eigenvalue weighted by molar-refractivity contribution is -0.130. The van der Waals surface area contributed by atoms with Crippen molar-refractivity contribution >= 4 is 21.8 Å². The Morgan fingerprint density at radius 3 is 2.50 bits per heavy atom. The molecule has 0 spiro atoms. The van der Waals surface area contributed by atoms with E-state index in [-0.39, 0.29) is 22.6 Å². The van der Waals surface area contributed by atoms with Crippen LogP contribution in [0.5, 0.6) is 5.75 Å². The number of nitrogens with zero attached hydrogens (tertiary/aromatic N) is 1. The minimum absolute atomic E-state index is 0.0708. The molecule has 2 amide bonds. The first-order valence-electron chi connectivity index (χ1n) is 10.5. The molecule has 1 atom stereocenters. The van der Waals surface area contributed by atoms with Crippen LogP contribution in [-0.4, -0.2) is 57.9 Å². The van der Waals surface area contributed by atoms with Crippen LogP contribution < -0.4 is 14.8 Å². The highest BCUT2D eigenvalue weighted by Crippen LogP contribution is 2.17. The zero-order valence-corrected chi connectivity index (χ0v) is 18.8. The number of ether oxygens (including phenoxy) is 1. The molecule has 1 fully saturated rings. The van der Waals surface area contributed by atoms with Gasteiger partial charge >= 0.3 is 0 Å². The first kappa shape index (κ1) is 24.1. The Morgan fingerprint density at radius 1 is 1.17 bits per heavy atom. The van der Waals surface area contributed by atoms with E-state index in [1.807, 2.05) is 4.90 Å². The van der Waals surface area contributed by atoms with E-state index in [2.05, 4.69) is 10.0 Å². The maximum Gasteiger partial charge on any atom is 0.241 e. The molecule has 1 aliphatic heterocycles. The topological polar surface area (TPSA) is 105 Å². The number of hydrogen-bond donors (Lipinski definition) is 2. The Balaban J connectivity index is 1.89. The Morgan fingerprint density at radius 2 is 1.87 bits per heavy atom. The molecule has 0 unspecified atom stereocenters. The van der Waals surface area contributed by atoms with Gasteiger partial charge in [0.15, 0.2) is 0 Å². The van der Waals surface area contributed by atoms with Gasteiger partial charge in [-0.2, -0.15) is 4.72 Å². The number of carbonyl (C=O) groups excluding carboxylic acids is 2. The van der Waals surface area contributed by atoms with E-state index < -0.39 is 16.1 Å². The van der Waals surface area contributed by atoms with Crippen molar-refractivity contribution in [3.8, 4) is 5.75 Å². The smallest absolute Gasteiger partial charge is 0.241 e. The van der Waals surface area contributed by atoms with Crippen LogP contribution in [0.15, 0.2) is 29.2 Å². The van der Waals surface area contributed by atoms with Crippen molar-refractivity contribution in [1.82, 2.24) is 14.9 Å². The largest absolute Gasteiger partial charge is 0.497 e. The Labute approximate surface area is 179 Å². The van der Waals surface area contributed by atoms with E-state index in [0.717, 1.165) is 25.8 Å². The van der Waals surface area contributed by atoms with Gasteiger partial charge in [0.2, 0.25) is 21.8 Å².